The predicted octanol–water partition coefficient (Wildman–Crippen LogP) is 6.43. The number of nitrogens with zero attached hydrogens (tertiary/aromatic N) is 2. The normalized spacial score (nSPS) is 11.0. The Balaban J connectivity index is 1.51. The molecule has 0 saturated heterocycles. The first-order valence-corrected chi connectivity index (χ1v) is 10.7. The highest BCUT2D eigenvalue weighted by Crippen LogP contribution is 2.32. The summed E-state index contributed by atoms with van der Waals surface area (Å²) in [5, 5.41) is 4.77. The van der Waals surface area contributed by atoms with Crippen LogP contribution in [-0.2, 0) is 6.42 Å². The average Bonchev–Trinajstić information content (AvgIpc) is 3.31. The van der Waals surface area contributed by atoms with Gasteiger partial charge < -0.3 is 13.9 Å². The Bertz CT molecular complexity index is 1470. The Hall–Kier alpha value is -4.32. The van der Waals surface area contributed by atoms with Gasteiger partial charge in [0.05, 0.1) is 23.5 Å². The van der Waals surface area contributed by atoms with E-state index < -0.39 is 0 Å². The molecule has 0 aliphatic heterocycles. The van der Waals surface area contributed by atoms with Gasteiger partial charge in [-0.2, -0.15) is 5.10 Å². The quantitative estimate of drug-likeness (QED) is 0.305. The van der Waals surface area contributed by atoms with Crippen LogP contribution in [-0.4, -0.2) is 9.78 Å². The van der Waals surface area contributed by atoms with Crippen molar-refractivity contribution in [2.75, 3.05) is 0 Å². The lowest BCUT2D eigenvalue weighted by Gasteiger charge is -2.13. The summed E-state index contributed by atoms with van der Waals surface area (Å²) in [6, 6.07) is 22.8. The minimum Gasteiger partial charge on any atom is -0.457 e. The Morgan fingerprint density at radius 3 is 2.39 bits per heavy atom. The van der Waals surface area contributed by atoms with Crippen LogP contribution in [0.1, 0.15) is 18.2 Å². The van der Waals surface area contributed by atoms with Gasteiger partial charge in [-0.05, 0) is 49.2 Å². The average molecular weight is 438 g/mol. The number of aryl methyl sites for hydroxylation is 2. The Morgan fingerprint density at radius 1 is 0.939 bits per heavy atom. The minimum absolute atomic E-state index is 0.147. The highest BCUT2D eigenvalue weighted by molar-refractivity contribution is 5.81. The number of hydrogen-bond acceptors (Lipinski definition) is 5. The van der Waals surface area contributed by atoms with E-state index in [0.717, 1.165) is 17.0 Å². The van der Waals surface area contributed by atoms with Crippen LogP contribution in [0.5, 0.6) is 23.0 Å². The molecule has 33 heavy (non-hydrogen) atoms. The molecule has 0 fully saturated rings. The maximum atomic E-state index is 13.3. The highest BCUT2D eigenvalue weighted by atomic mass is 16.5. The van der Waals surface area contributed by atoms with Crippen LogP contribution >= 0.6 is 0 Å². The smallest absolute Gasteiger partial charge is 0.235 e. The lowest BCUT2D eigenvalue weighted by atomic mass is 10.1. The lowest BCUT2D eigenvalue weighted by Crippen LogP contribution is -2.08. The van der Waals surface area contributed by atoms with Gasteiger partial charge in [0.25, 0.3) is 0 Å². The zero-order chi connectivity index (χ0) is 22.8. The summed E-state index contributed by atoms with van der Waals surface area (Å²) in [7, 11) is 0. The van der Waals surface area contributed by atoms with Crippen molar-refractivity contribution in [1.82, 2.24) is 9.78 Å². The second-order valence-corrected chi connectivity index (χ2v) is 7.60. The van der Waals surface area contributed by atoms with Gasteiger partial charge in [0, 0.05) is 6.07 Å². The number of ether oxygens (including phenoxy) is 2. The number of aromatic nitrogens is 2. The molecule has 0 radical (unpaired) electrons. The van der Waals surface area contributed by atoms with Crippen molar-refractivity contribution in [3.63, 3.8) is 0 Å². The van der Waals surface area contributed by atoms with Crippen LogP contribution in [0.3, 0.4) is 0 Å². The van der Waals surface area contributed by atoms with E-state index in [-0.39, 0.29) is 11.2 Å². The number of para-hydroxylation sites is 2. The summed E-state index contributed by atoms with van der Waals surface area (Å²) in [5.74, 6) is 2.37. The largest absolute Gasteiger partial charge is 0.457 e. The summed E-state index contributed by atoms with van der Waals surface area (Å²) >= 11 is 0. The van der Waals surface area contributed by atoms with Gasteiger partial charge in [0.1, 0.15) is 22.8 Å². The molecule has 2 heterocycles. The predicted molar refractivity (Wildman–Crippen MR) is 127 cm³/mol. The molecule has 0 atom stereocenters. The van der Waals surface area contributed by atoms with Crippen molar-refractivity contribution in [2.45, 2.75) is 20.3 Å². The van der Waals surface area contributed by atoms with Crippen LogP contribution in [0.15, 0.2) is 94.4 Å². The molecule has 6 heteroatoms. The fourth-order valence-electron chi connectivity index (χ4n) is 3.67. The molecule has 5 rings (SSSR count). The fourth-order valence-corrected chi connectivity index (χ4v) is 3.67. The summed E-state index contributed by atoms with van der Waals surface area (Å²) in [6.07, 6.45) is 4.00. The fraction of sp³-hybridized carbons (Fsp3) is 0.111. The third-order valence-electron chi connectivity index (χ3n) is 5.35. The van der Waals surface area contributed by atoms with Crippen LogP contribution < -0.4 is 14.9 Å². The topological polar surface area (TPSA) is 66.5 Å². The molecule has 0 N–H and O–H groups in total. The molecule has 164 valence electrons. The Labute approximate surface area is 190 Å². The summed E-state index contributed by atoms with van der Waals surface area (Å²) in [4.78, 5) is 13.3. The summed E-state index contributed by atoms with van der Waals surface area (Å²) < 4.78 is 19.7. The first-order chi connectivity index (χ1) is 16.1. The molecule has 0 amide bonds. The van der Waals surface area contributed by atoms with E-state index in [1.54, 1.807) is 30.1 Å². The molecule has 0 aliphatic carbocycles. The second kappa shape index (κ2) is 8.67. The molecule has 2 aromatic heterocycles. The van der Waals surface area contributed by atoms with Gasteiger partial charge >= 0.3 is 0 Å². The van der Waals surface area contributed by atoms with Crippen LogP contribution in [0, 0.1) is 6.92 Å². The first-order valence-electron chi connectivity index (χ1n) is 10.7. The third-order valence-corrected chi connectivity index (χ3v) is 5.35. The van der Waals surface area contributed by atoms with E-state index in [1.807, 2.05) is 73.7 Å². The van der Waals surface area contributed by atoms with E-state index in [1.165, 1.54) is 0 Å². The van der Waals surface area contributed by atoms with E-state index >= 15 is 0 Å². The van der Waals surface area contributed by atoms with Gasteiger partial charge in [0.2, 0.25) is 11.2 Å². The zero-order valence-electron chi connectivity index (χ0n) is 18.3. The molecule has 0 saturated carbocycles. The number of fused-ring (bicyclic) bond motifs is 1. The molecule has 0 bridgehead atoms. The van der Waals surface area contributed by atoms with Gasteiger partial charge in [-0.3, -0.25) is 4.79 Å². The van der Waals surface area contributed by atoms with Crippen molar-refractivity contribution < 1.29 is 13.9 Å². The van der Waals surface area contributed by atoms with Crippen molar-refractivity contribution in [2.24, 2.45) is 0 Å². The summed E-state index contributed by atoms with van der Waals surface area (Å²) in [5.41, 5.74) is 2.02. The van der Waals surface area contributed by atoms with Gasteiger partial charge in [-0.15, -0.1) is 0 Å². The van der Waals surface area contributed by atoms with E-state index in [9.17, 15) is 4.79 Å². The Kier molecular flexibility index (Phi) is 5.40. The molecule has 0 aliphatic rings. The first kappa shape index (κ1) is 20.6. The minimum atomic E-state index is -0.234. The van der Waals surface area contributed by atoms with Crippen LogP contribution in [0.2, 0.25) is 0 Å². The van der Waals surface area contributed by atoms with E-state index in [2.05, 4.69) is 5.10 Å². The standard InChI is InChI=1S/C27H22N2O4/c1-3-19-14-23-25(15-24(19)32-21-12-8-5-9-13-21)31-18(2)27(26(23)30)33-22-16-28-29(17-22)20-10-6-4-7-11-20/h4-17H,3H2,1-2H3. The van der Waals surface area contributed by atoms with Crippen LogP contribution in [0.25, 0.3) is 16.7 Å². The van der Waals surface area contributed by atoms with Gasteiger partial charge in [-0.1, -0.05) is 43.3 Å². The third kappa shape index (κ3) is 4.11. The molecule has 5 aromatic rings. The molecule has 0 spiro atoms. The van der Waals surface area contributed by atoms with Crippen molar-refractivity contribution in [1.29, 1.82) is 0 Å². The van der Waals surface area contributed by atoms with Crippen molar-refractivity contribution in [3.8, 4) is 28.7 Å². The SMILES string of the molecule is CCc1cc2c(=O)c(Oc3cnn(-c4ccccc4)c3)c(C)oc2cc1Oc1ccccc1. The highest BCUT2D eigenvalue weighted by Gasteiger charge is 2.17. The molecule has 6 nitrogen and oxygen atoms in total. The van der Waals surface area contributed by atoms with E-state index in [4.69, 9.17) is 13.9 Å². The van der Waals surface area contributed by atoms with Crippen molar-refractivity contribution >= 4 is 11.0 Å². The zero-order valence-corrected chi connectivity index (χ0v) is 18.3. The van der Waals surface area contributed by atoms with Crippen LogP contribution in [0.4, 0.5) is 0 Å². The maximum absolute atomic E-state index is 13.3. The van der Waals surface area contributed by atoms with E-state index in [0.29, 0.717) is 34.6 Å². The number of hydrogen-bond donors (Lipinski definition) is 0. The van der Waals surface area contributed by atoms with Crippen molar-refractivity contribution in [3.05, 3.63) is 107 Å². The second-order valence-electron chi connectivity index (χ2n) is 7.60. The molecular formula is C27H22N2O4. The molecule has 3 aromatic carbocycles. The Morgan fingerprint density at radius 2 is 1.67 bits per heavy atom. The number of benzene rings is 3. The maximum Gasteiger partial charge on any atom is 0.235 e. The molecular weight excluding hydrogens is 416 g/mol. The summed E-state index contributed by atoms with van der Waals surface area (Å²) in [6.45, 7) is 3.73. The monoisotopic (exact) mass is 438 g/mol. The van der Waals surface area contributed by atoms with Gasteiger partial charge in [-0.25, -0.2) is 4.68 Å². The number of rotatable bonds is 6. The van der Waals surface area contributed by atoms with Gasteiger partial charge in [0.15, 0.2) is 5.75 Å². The molecule has 0 unspecified atom stereocenters. The lowest BCUT2D eigenvalue weighted by molar-refractivity contribution is 0.435.